The fraction of sp³-hybridized carbons (Fsp3) is 0.273. The molecule has 0 fully saturated rings. The van der Waals surface area contributed by atoms with Crippen LogP contribution in [0.3, 0.4) is 0 Å². The first-order valence-electron chi connectivity index (χ1n) is 9.96. The lowest BCUT2D eigenvalue weighted by atomic mass is 10.1. The highest BCUT2D eigenvalue weighted by atomic mass is 35.5. The number of benzene rings is 2. The maximum atomic E-state index is 12.6. The van der Waals surface area contributed by atoms with Gasteiger partial charge in [-0.1, -0.05) is 52.7 Å². The number of amides is 2. The molecule has 3 rings (SSSR count). The quantitative estimate of drug-likeness (QED) is 0.426. The van der Waals surface area contributed by atoms with Gasteiger partial charge in [-0.2, -0.15) is 0 Å². The van der Waals surface area contributed by atoms with Gasteiger partial charge in [-0.15, -0.1) is 10.2 Å². The van der Waals surface area contributed by atoms with Crippen molar-refractivity contribution in [2.24, 2.45) is 0 Å². The molecule has 7 nitrogen and oxygen atoms in total. The molecule has 0 unspecified atom stereocenters. The minimum atomic E-state index is -0.355. The number of aryl methyl sites for hydroxylation is 1. The first kappa shape index (κ1) is 24.1. The van der Waals surface area contributed by atoms with E-state index in [2.05, 4.69) is 20.8 Å². The van der Waals surface area contributed by atoms with Gasteiger partial charge in [0.05, 0.1) is 22.5 Å². The van der Waals surface area contributed by atoms with Crippen molar-refractivity contribution in [3.8, 4) is 0 Å². The van der Waals surface area contributed by atoms with Gasteiger partial charge in [0.1, 0.15) is 0 Å². The van der Waals surface area contributed by atoms with Gasteiger partial charge < -0.3 is 15.2 Å². The van der Waals surface area contributed by atoms with Crippen LogP contribution in [-0.4, -0.2) is 32.3 Å². The van der Waals surface area contributed by atoms with Crippen LogP contribution >= 0.6 is 35.0 Å². The second-order valence-corrected chi connectivity index (χ2v) is 8.90. The van der Waals surface area contributed by atoms with Crippen molar-refractivity contribution in [3.63, 3.8) is 0 Å². The summed E-state index contributed by atoms with van der Waals surface area (Å²) in [6, 6.07) is 11.9. The minimum Gasteiger partial charge on any atom is -0.342 e. The zero-order valence-corrected chi connectivity index (χ0v) is 20.2. The molecule has 1 aromatic heterocycles. The zero-order chi connectivity index (χ0) is 23.3. The molecule has 0 aliphatic carbocycles. The third kappa shape index (κ3) is 6.03. The number of carbonyl (C=O) groups excluding carboxylic acids is 2. The van der Waals surface area contributed by atoms with Crippen LogP contribution in [0.15, 0.2) is 47.6 Å². The Kier molecular flexibility index (Phi) is 8.17. The smallest absolute Gasteiger partial charge is 0.251 e. The highest BCUT2D eigenvalue weighted by Gasteiger charge is 2.20. The highest BCUT2D eigenvalue weighted by molar-refractivity contribution is 7.99. The van der Waals surface area contributed by atoms with E-state index in [4.69, 9.17) is 23.2 Å². The lowest BCUT2D eigenvalue weighted by Gasteiger charge is -2.15. The lowest BCUT2D eigenvalue weighted by Crippen LogP contribution is -2.28. The summed E-state index contributed by atoms with van der Waals surface area (Å²) in [6.45, 7) is 6.35. The molecule has 0 saturated carbocycles. The number of aromatic nitrogens is 3. The van der Waals surface area contributed by atoms with E-state index in [1.807, 2.05) is 43.5 Å². The average Bonchev–Trinajstić information content (AvgIpc) is 3.17. The van der Waals surface area contributed by atoms with Gasteiger partial charge >= 0.3 is 0 Å². The Morgan fingerprint density at radius 1 is 1.16 bits per heavy atom. The van der Waals surface area contributed by atoms with E-state index in [0.29, 0.717) is 38.8 Å². The molecule has 0 aliphatic rings. The predicted molar refractivity (Wildman–Crippen MR) is 129 cm³/mol. The third-order valence-electron chi connectivity index (χ3n) is 4.61. The maximum absolute atomic E-state index is 12.6. The van der Waals surface area contributed by atoms with Crippen LogP contribution in [-0.2, 0) is 11.3 Å². The van der Waals surface area contributed by atoms with Gasteiger partial charge in [0, 0.05) is 17.1 Å². The van der Waals surface area contributed by atoms with Gasteiger partial charge in [-0.25, -0.2) is 0 Å². The van der Waals surface area contributed by atoms with Crippen molar-refractivity contribution < 1.29 is 9.59 Å². The van der Waals surface area contributed by atoms with Gasteiger partial charge in [-0.05, 0) is 51.1 Å². The lowest BCUT2D eigenvalue weighted by molar-refractivity contribution is -0.113. The molecule has 2 aromatic carbocycles. The standard InChI is InChI=1S/C22H23Cl2N5O2S/c1-4-29-20(14(3)25-21(31)15-7-5-6-13(2)10-15)27-28-22(29)32-12-19(30)26-18-9-8-16(23)11-17(18)24/h5-11,14H,4,12H2,1-3H3,(H,25,31)(H,26,30)/t14-/m0/s1. The van der Waals surface area contributed by atoms with Gasteiger partial charge in [0.25, 0.3) is 5.91 Å². The van der Waals surface area contributed by atoms with E-state index in [1.165, 1.54) is 11.8 Å². The minimum absolute atomic E-state index is 0.126. The molecule has 10 heteroatoms. The van der Waals surface area contributed by atoms with Crippen molar-refractivity contribution in [1.29, 1.82) is 0 Å². The number of nitrogens with one attached hydrogen (secondary N) is 2. The summed E-state index contributed by atoms with van der Waals surface area (Å²) in [5.41, 5.74) is 2.09. The van der Waals surface area contributed by atoms with E-state index in [1.54, 1.807) is 24.3 Å². The Bertz CT molecular complexity index is 1140. The van der Waals surface area contributed by atoms with Crippen LogP contribution < -0.4 is 10.6 Å². The van der Waals surface area contributed by atoms with Crippen LogP contribution in [0.4, 0.5) is 5.69 Å². The number of nitrogens with zero attached hydrogens (tertiary/aromatic N) is 3. The van der Waals surface area contributed by atoms with Crippen LogP contribution in [0.25, 0.3) is 0 Å². The number of anilines is 1. The molecule has 32 heavy (non-hydrogen) atoms. The Morgan fingerprint density at radius 2 is 1.94 bits per heavy atom. The summed E-state index contributed by atoms with van der Waals surface area (Å²) >= 11 is 13.2. The number of halogens is 2. The largest absolute Gasteiger partial charge is 0.342 e. The van der Waals surface area contributed by atoms with Crippen molar-refractivity contribution in [2.45, 2.75) is 38.5 Å². The second-order valence-electron chi connectivity index (χ2n) is 7.11. The number of rotatable bonds is 8. The van der Waals surface area contributed by atoms with E-state index in [9.17, 15) is 9.59 Å². The summed E-state index contributed by atoms with van der Waals surface area (Å²) in [5.74, 6) is 0.339. The first-order chi connectivity index (χ1) is 15.3. The molecule has 0 bridgehead atoms. The molecule has 168 valence electrons. The van der Waals surface area contributed by atoms with Crippen molar-refractivity contribution in [3.05, 3.63) is 69.5 Å². The number of hydrogen-bond acceptors (Lipinski definition) is 5. The summed E-state index contributed by atoms with van der Waals surface area (Å²) in [5, 5.41) is 15.6. The van der Waals surface area contributed by atoms with Crippen LogP contribution in [0.2, 0.25) is 10.0 Å². The summed E-state index contributed by atoms with van der Waals surface area (Å²) in [6.07, 6.45) is 0. The Labute approximate surface area is 200 Å². The Balaban J connectivity index is 1.63. The Morgan fingerprint density at radius 3 is 2.62 bits per heavy atom. The first-order valence-corrected chi connectivity index (χ1v) is 11.7. The number of hydrogen-bond donors (Lipinski definition) is 2. The molecule has 0 aliphatic heterocycles. The predicted octanol–water partition coefficient (Wildman–Crippen LogP) is 5.14. The van der Waals surface area contributed by atoms with Crippen LogP contribution in [0, 0.1) is 6.92 Å². The fourth-order valence-electron chi connectivity index (χ4n) is 3.06. The topological polar surface area (TPSA) is 88.9 Å². The summed E-state index contributed by atoms with van der Waals surface area (Å²) in [4.78, 5) is 24.9. The molecule has 1 atom stereocenters. The molecular weight excluding hydrogens is 469 g/mol. The van der Waals surface area contributed by atoms with Crippen LogP contribution in [0.1, 0.15) is 41.6 Å². The molecule has 0 saturated heterocycles. The second kappa shape index (κ2) is 10.8. The summed E-state index contributed by atoms with van der Waals surface area (Å²) in [7, 11) is 0. The molecular formula is C22H23Cl2N5O2S. The fourth-order valence-corrected chi connectivity index (χ4v) is 4.33. The van der Waals surface area contributed by atoms with Crippen molar-refractivity contribution >= 4 is 52.5 Å². The summed E-state index contributed by atoms with van der Waals surface area (Å²) < 4.78 is 1.88. The van der Waals surface area contributed by atoms with E-state index < -0.39 is 0 Å². The molecule has 0 radical (unpaired) electrons. The monoisotopic (exact) mass is 491 g/mol. The molecule has 2 amide bonds. The average molecular weight is 492 g/mol. The molecule has 0 spiro atoms. The highest BCUT2D eigenvalue weighted by Crippen LogP contribution is 2.26. The zero-order valence-electron chi connectivity index (χ0n) is 17.9. The third-order valence-corrected chi connectivity index (χ3v) is 6.13. The van der Waals surface area contributed by atoms with Gasteiger partial charge in [-0.3, -0.25) is 9.59 Å². The number of thioether (sulfide) groups is 1. The van der Waals surface area contributed by atoms with Crippen molar-refractivity contribution in [2.75, 3.05) is 11.1 Å². The molecule has 1 heterocycles. The van der Waals surface area contributed by atoms with E-state index in [0.717, 1.165) is 5.56 Å². The molecule has 3 aromatic rings. The number of carbonyl (C=O) groups is 2. The van der Waals surface area contributed by atoms with E-state index >= 15 is 0 Å². The normalized spacial score (nSPS) is 11.8. The van der Waals surface area contributed by atoms with Gasteiger partial charge in [0.2, 0.25) is 5.91 Å². The van der Waals surface area contributed by atoms with E-state index in [-0.39, 0.29) is 23.6 Å². The Hall–Kier alpha value is -2.55. The van der Waals surface area contributed by atoms with Crippen molar-refractivity contribution in [1.82, 2.24) is 20.1 Å². The molecule has 2 N–H and O–H groups in total. The maximum Gasteiger partial charge on any atom is 0.251 e. The SMILES string of the molecule is CCn1c(SCC(=O)Nc2ccc(Cl)cc2Cl)nnc1[C@H](C)NC(=O)c1cccc(C)c1. The van der Waals surface area contributed by atoms with Crippen LogP contribution in [0.5, 0.6) is 0 Å². The van der Waals surface area contributed by atoms with Gasteiger partial charge in [0.15, 0.2) is 11.0 Å².